The van der Waals surface area contributed by atoms with Crippen LogP contribution in [0.15, 0.2) is 41.3 Å². The fourth-order valence-corrected chi connectivity index (χ4v) is 2.46. The lowest BCUT2D eigenvalue weighted by Gasteiger charge is -2.07. The van der Waals surface area contributed by atoms with Gasteiger partial charge in [-0.2, -0.15) is 5.10 Å². The second-order valence-corrected chi connectivity index (χ2v) is 4.74. The molecule has 96 valence electrons. The molecule has 0 fully saturated rings. The maximum atomic E-state index is 12.0. The molecule has 0 atom stereocenters. The summed E-state index contributed by atoms with van der Waals surface area (Å²) in [4.78, 5) is 12.0. The number of aryl methyl sites for hydroxylation is 1. The first-order valence-corrected chi connectivity index (χ1v) is 6.25. The van der Waals surface area contributed by atoms with E-state index in [-0.39, 0.29) is 5.56 Å². The highest BCUT2D eigenvalue weighted by molar-refractivity contribution is 5.83. The second kappa shape index (κ2) is 4.39. The molecule has 2 heterocycles. The van der Waals surface area contributed by atoms with Crippen LogP contribution in [0.5, 0.6) is 0 Å². The van der Waals surface area contributed by atoms with Gasteiger partial charge in [-0.25, -0.2) is 5.10 Å². The third kappa shape index (κ3) is 1.85. The van der Waals surface area contributed by atoms with Crippen molar-refractivity contribution in [3.63, 3.8) is 0 Å². The van der Waals surface area contributed by atoms with E-state index in [1.807, 2.05) is 32.0 Å². The highest BCUT2D eigenvalue weighted by atomic mass is 16.1. The van der Waals surface area contributed by atoms with Crippen molar-refractivity contribution in [1.29, 1.82) is 0 Å². The van der Waals surface area contributed by atoms with Crippen molar-refractivity contribution in [2.75, 3.05) is 0 Å². The van der Waals surface area contributed by atoms with Crippen LogP contribution < -0.4 is 5.56 Å². The summed E-state index contributed by atoms with van der Waals surface area (Å²) in [7, 11) is 0. The van der Waals surface area contributed by atoms with E-state index in [0.29, 0.717) is 12.1 Å². The van der Waals surface area contributed by atoms with E-state index >= 15 is 0 Å². The minimum Gasteiger partial charge on any atom is -0.336 e. The Bertz CT molecular complexity index is 784. The van der Waals surface area contributed by atoms with Crippen LogP contribution in [0.4, 0.5) is 0 Å². The maximum Gasteiger partial charge on any atom is 0.288 e. The third-order valence-corrected chi connectivity index (χ3v) is 3.63. The monoisotopic (exact) mass is 253 g/mol. The number of aromatic amines is 1. The molecule has 3 rings (SSSR count). The standard InChI is InChI=1S/C15H15N3O/c1-10-11(2)18(9-12-6-4-3-5-7-12)14-13(10)8-16-17-15(14)19/h3-8H,9H2,1-2H3,(H,17,19). The molecule has 0 aliphatic carbocycles. The highest BCUT2D eigenvalue weighted by Gasteiger charge is 2.14. The molecule has 0 spiro atoms. The first-order chi connectivity index (χ1) is 9.18. The van der Waals surface area contributed by atoms with Crippen molar-refractivity contribution in [3.8, 4) is 0 Å². The number of rotatable bonds is 2. The van der Waals surface area contributed by atoms with Gasteiger partial charge in [0.15, 0.2) is 0 Å². The molecule has 0 amide bonds. The minimum atomic E-state index is -0.135. The van der Waals surface area contributed by atoms with Crippen LogP contribution in [-0.2, 0) is 6.54 Å². The van der Waals surface area contributed by atoms with E-state index in [4.69, 9.17) is 0 Å². The molecule has 0 bridgehead atoms. The van der Waals surface area contributed by atoms with Gasteiger partial charge in [-0.15, -0.1) is 0 Å². The molecular formula is C15H15N3O. The fraction of sp³-hybridized carbons (Fsp3) is 0.200. The largest absolute Gasteiger partial charge is 0.336 e. The molecule has 19 heavy (non-hydrogen) atoms. The van der Waals surface area contributed by atoms with E-state index < -0.39 is 0 Å². The Morgan fingerprint density at radius 2 is 1.95 bits per heavy atom. The van der Waals surface area contributed by atoms with Crippen LogP contribution in [0.25, 0.3) is 10.9 Å². The van der Waals surface area contributed by atoms with Gasteiger partial charge in [0.1, 0.15) is 5.52 Å². The number of nitrogens with one attached hydrogen (secondary N) is 1. The van der Waals surface area contributed by atoms with E-state index in [2.05, 4.69) is 26.9 Å². The van der Waals surface area contributed by atoms with Gasteiger partial charge in [0.05, 0.1) is 6.20 Å². The topological polar surface area (TPSA) is 50.7 Å². The highest BCUT2D eigenvalue weighted by Crippen LogP contribution is 2.22. The summed E-state index contributed by atoms with van der Waals surface area (Å²) in [6, 6.07) is 10.1. The van der Waals surface area contributed by atoms with Crippen LogP contribution in [0, 0.1) is 13.8 Å². The van der Waals surface area contributed by atoms with E-state index in [9.17, 15) is 4.79 Å². The molecule has 0 radical (unpaired) electrons. The van der Waals surface area contributed by atoms with Crippen molar-refractivity contribution in [2.45, 2.75) is 20.4 Å². The van der Waals surface area contributed by atoms with Gasteiger partial charge in [-0.05, 0) is 25.0 Å². The Balaban J connectivity index is 2.24. The van der Waals surface area contributed by atoms with Gasteiger partial charge in [0, 0.05) is 17.6 Å². The van der Waals surface area contributed by atoms with Crippen molar-refractivity contribution in [3.05, 3.63) is 63.7 Å². The molecule has 1 aromatic carbocycles. The lowest BCUT2D eigenvalue weighted by Crippen LogP contribution is -2.13. The van der Waals surface area contributed by atoms with Crippen LogP contribution >= 0.6 is 0 Å². The number of H-pyrrole nitrogens is 1. The molecule has 0 aliphatic heterocycles. The van der Waals surface area contributed by atoms with E-state index in [0.717, 1.165) is 16.6 Å². The third-order valence-electron chi connectivity index (χ3n) is 3.63. The predicted octanol–water partition coefficient (Wildman–Crippen LogP) is 2.39. The molecule has 0 saturated heterocycles. The molecule has 2 aromatic heterocycles. The van der Waals surface area contributed by atoms with Gasteiger partial charge < -0.3 is 4.57 Å². The van der Waals surface area contributed by atoms with Crippen LogP contribution in [-0.4, -0.2) is 14.8 Å². The Morgan fingerprint density at radius 3 is 2.68 bits per heavy atom. The molecule has 0 saturated carbocycles. The van der Waals surface area contributed by atoms with Gasteiger partial charge in [-0.3, -0.25) is 4.79 Å². The average Bonchev–Trinajstić information content (AvgIpc) is 2.67. The van der Waals surface area contributed by atoms with Gasteiger partial charge >= 0.3 is 0 Å². The Hall–Kier alpha value is -2.36. The average molecular weight is 253 g/mol. The quantitative estimate of drug-likeness (QED) is 0.762. The van der Waals surface area contributed by atoms with Gasteiger partial charge in [0.25, 0.3) is 5.56 Å². The zero-order valence-corrected chi connectivity index (χ0v) is 11.0. The Morgan fingerprint density at radius 1 is 1.21 bits per heavy atom. The van der Waals surface area contributed by atoms with Gasteiger partial charge in [-0.1, -0.05) is 30.3 Å². The summed E-state index contributed by atoms with van der Waals surface area (Å²) in [6.07, 6.45) is 1.72. The lowest BCUT2D eigenvalue weighted by atomic mass is 10.2. The van der Waals surface area contributed by atoms with Crippen molar-refractivity contribution in [1.82, 2.24) is 14.8 Å². The normalized spacial score (nSPS) is 11.1. The van der Waals surface area contributed by atoms with Crippen molar-refractivity contribution < 1.29 is 0 Å². The second-order valence-electron chi connectivity index (χ2n) is 4.74. The molecule has 4 heteroatoms. The maximum absolute atomic E-state index is 12.0. The predicted molar refractivity (Wildman–Crippen MR) is 75.4 cm³/mol. The number of hydrogen-bond acceptors (Lipinski definition) is 2. The fourth-order valence-electron chi connectivity index (χ4n) is 2.46. The summed E-state index contributed by atoms with van der Waals surface area (Å²) in [5.74, 6) is 0. The van der Waals surface area contributed by atoms with Crippen LogP contribution in [0.2, 0.25) is 0 Å². The summed E-state index contributed by atoms with van der Waals surface area (Å²) in [5.41, 5.74) is 3.97. The summed E-state index contributed by atoms with van der Waals surface area (Å²) in [5, 5.41) is 7.33. The molecule has 0 aliphatic rings. The molecule has 3 aromatic rings. The molecule has 4 nitrogen and oxygen atoms in total. The van der Waals surface area contributed by atoms with E-state index in [1.165, 1.54) is 5.56 Å². The van der Waals surface area contributed by atoms with Crippen LogP contribution in [0.3, 0.4) is 0 Å². The number of benzene rings is 1. The summed E-state index contributed by atoms with van der Waals surface area (Å²) >= 11 is 0. The van der Waals surface area contributed by atoms with E-state index in [1.54, 1.807) is 6.20 Å². The van der Waals surface area contributed by atoms with Crippen LogP contribution in [0.1, 0.15) is 16.8 Å². The minimum absolute atomic E-state index is 0.135. The SMILES string of the molecule is Cc1c(C)n(Cc2ccccc2)c2c(=O)[nH]ncc12. The zero-order chi connectivity index (χ0) is 13.4. The molecular weight excluding hydrogens is 238 g/mol. The smallest absolute Gasteiger partial charge is 0.288 e. The van der Waals surface area contributed by atoms with Crippen molar-refractivity contribution >= 4 is 10.9 Å². The summed E-state index contributed by atoms with van der Waals surface area (Å²) < 4.78 is 2.06. The molecule has 1 N–H and O–H groups in total. The Labute approximate surface area is 110 Å². The summed E-state index contributed by atoms with van der Waals surface area (Å²) in [6.45, 7) is 4.77. The lowest BCUT2D eigenvalue weighted by molar-refractivity contribution is 0.793. The van der Waals surface area contributed by atoms with Gasteiger partial charge in [0.2, 0.25) is 0 Å². The number of hydrogen-bond donors (Lipinski definition) is 1. The van der Waals surface area contributed by atoms with Crippen molar-refractivity contribution in [2.24, 2.45) is 0 Å². The molecule has 0 unspecified atom stereocenters. The first kappa shape index (κ1) is 11.7. The number of fused-ring (bicyclic) bond motifs is 1. The Kier molecular flexibility index (Phi) is 2.71. The number of aromatic nitrogens is 3. The number of nitrogens with zero attached hydrogens (tertiary/aromatic N) is 2. The first-order valence-electron chi connectivity index (χ1n) is 6.25. The zero-order valence-electron chi connectivity index (χ0n) is 11.0.